The fourth-order valence-corrected chi connectivity index (χ4v) is 3.41. The Morgan fingerprint density at radius 2 is 1.61 bits per heavy atom. The first-order valence-electron chi connectivity index (χ1n) is 9.28. The quantitative estimate of drug-likeness (QED) is 0.769. The Morgan fingerprint density at radius 1 is 0.964 bits per heavy atom. The zero-order valence-corrected chi connectivity index (χ0v) is 17.0. The van der Waals surface area contributed by atoms with Crippen LogP contribution in [0.4, 0.5) is 5.69 Å². The standard InChI is InChI=1S/C21H26ClN3O3/c1-27-19-8-3-16(13-20(19)28-2)14-24-9-11-25(12-10-24)15-21(26)23-18-6-4-17(22)5-7-18/h3-8,13H,9-12,14-15H2,1-2H3,(H,23,26). The van der Waals surface area contributed by atoms with E-state index in [1.807, 2.05) is 12.1 Å². The number of rotatable bonds is 7. The highest BCUT2D eigenvalue weighted by Gasteiger charge is 2.19. The number of methoxy groups -OCH3 is 2. The molecule has 2 aromatic rings. The van der Waals surface area contributed by atoms with Gasteiger partial charge in [-0.25, -0.2) is 0 Å². The van der Waals surface area contributed by atoms with Gasteiger partial charge in [0.25, 0.3) is 0 Å². The molecule has 0 atom stereocenters. The van der Waals surface area contributed by atoms with Gasteiger partial charge in [-0.1, -0.05) is 17.7 Å². The van der Waals surface area contributed by atoms with Crippen molar-refractivity contribution < 1.29 is 14.3 Å². The van der Waals surface area contributed by atoms with Gasteiger partial charge in [0.1, 0.15) is 0 Å². The Hall–Kier alpha value is -2.28. The lowest BCUT2D eigenvalue weighted by Gasteiger charge is -2.34. The van der Waals surface area contributed by atoms with Crippen LogP contribution in [0.25, 0.3) is 0 Å². The molecule has 0 aromatic heterocycles. The number of hydrogen-bond acceptors (Lipinski definition) is 5. The van der Waals surface area contributed by atoms with Crippen LogP contribution < -0.4 is 14.8 Å². The smallest absolute Gasteiger partial charge is 0.238 e. The van der Waals surface area contributed by atoms with Gasteiger partial charge in [-0.2, -0.15) is 0 Å². The molecule has 1 heterocycles. The zero-order valence-electron chi connectivity index (χ0n) is 16.3. The summed E-state index contributed by atoms with van der Waals surface area (Å²) in [6, 6.07) is 13.2. The van der Waals surface area contributed by atoms with Crippen molar-refractivity contribution in [2.24, 2.45) is 0 Å². The SMILES string of the molecule is COc1ccc(CN2CCN(CC(=O)Nc3ccc(Cl)cc3)CC2)cc1OC. The van der Waals surface area contributed by atoms with Crippen LogP contribution in [0.1, 0.15) is 5.56 Å². The van der Waals surface area contributed by atoms with E-state index >= 15 is 0 Å². The molecule has 0 saturated carbocycles. The molecule has 1 fully saturated rings. The van der Waals surface area contributed by atoms with Crippen molar-refractivity contribution in [3.8, 4) is 11.5 Å². The van der Waals surface area contributed by atoms with Crippen molar-refractivity contribution in [1.82, 2.24) is 9.80 Å². The van der Waals surface area contributed by atoms with E-state index in [9.17, 15) is 4.79 Å². The number of ether oxygens (including phenoxy) is 2. The van der Waals surface area contributed by atoms with Crippen molar-refractivity contribution in [2.75, 3.05) is 52.3 Å². The van der Waals surface area contributed by atoms with E-state index < -0.39 is 0 Å². The molecule has 6 nitrogen and oxygen atoms in total. The molecule has 0 spiro atoms. The molecule has 7 heteroatoms. The molecule has 3 rings (SSSR count). The lowest BCUT2D eigenvalue weighted by molar-refractivity contribution is -0.117. The van der Waals surface area contributed by atoms with Crippen LogP contribution in [0.2, 0.25) is 5.02 Å². The number of hydrogen-bond donors (Lipinski definition) is 1. The van der Waals surface area contributed by atoms with Crippen molar-refractivity contribution in [1.29, 1.82) is 0 Å². The number of anilines is 1. The fourth-order valence-electron chi connectivity index (χ4n) is 3.28. The summed E-state index contributed by atoms with van der Waals surface area (Å²) >= 11 is 5.87. The van der Waals surface area contributed by atoms with Crippen molar-refractivity contribution in [3.05, 3.63) is 53.1 Å². The summed E-state index contributed by atoms with van der Waals surface area (Å²) in [7, 11) is 3.29. The highest BCUT2D eigenvalue weighted by Crippen LogP contribution is 2.28. The van der Waals surface area contributed by atoms with E-state index in [0.29, 0.717) is 11.6 Å². The number of halogens is 1. The third-order valence-corrected chi connectivity index (χ3v) is 5.07. The number of nitrogens with one attached hydrogen (secondary N) is 1. The summed E-state index contributed by atoms with van der Waals surface area (Å²) in [6.45, 7) is 4.81. The number of nitrogens with zero attached hydrogens (tertiary/aromatic N) is 2. The van der Waals surface area contributed by atoms with Crippen LogP contribution >= 0.6 is 11.6 Å². The lowest BCUT2D eigenvalue weighted by atomic mass is 10.1. The van der Waals surface area contributed by atoms with Gasteiger partial charge in [-0.3, -0.25) is 14.6 Å². The molecule has 1 aliphatic heterocycles. The maximum absolute atomic E-state index is 12.2. The van der Waals surface area contributed by atoms with Crippen molar-refractivity contribution >= 4 is 23.2 Å². The van der Waals surface area contributed by atoms with Gasteiger partial charge in [-0.05, 0) is 42.0 Å². The molecule has 0 unspecified atom stereocenters. The average Bonchev–Trinajstić information content (AvgIpc) is 2.71. The van der Waals surface area contributed by atoms with Crippen molar-refractivity contribution in [3.63, 3.8) is 0 Å². The third-order valence-electron chi connectivity index (χ3n) is 4.81. The molecular formula is C21H26ClN3O3. The topological polar surface area (TPSA) is 54.0 Å². The first-order chi connectivity index (χ1) is 13.6. The fraction of sp³-hybridized carbons (Fsp3) is 0.381. The van der Waals surface area contributed by atoms with Gasteiger partial charge in [-0.15, -0.1) is 0 Å². The molecule has 2 aromatic carbocycles. The van der Waals surface area contributed by atoms with Gasteiger partial charge in [0.2, 0.25) is 5.91 Å². The molecule has 0 aliphatic carbocycles. The van der Waals surface area contributed by atoms with E-state index in [-0.39, 0.29) is 5.91 Å². The Labute approximate surface area is 171 Å². The van der Waals surface area contributed by atoms with Gasteiger partial charge in [0, 0.05) is 43.4 Å². The largest absolute Gasteiger partial charge is 0.493 e. The minimum Gasteiger partial charge on any atom is -0.493 e. The minimum absolute atomic E-state index is 0.00402. The Morgan fingerprint density at radius 3 is 2.25 bits per heavy atom. The molecule has 1 amide bonds. The summed E-state index contributed by atoms with van der Waals surface area (Å²) < 4.78 is 10.7. The average molecular weight is 404 g/mol. The first kappa shape index (κ1) is 20.5. The Balaban J connectivity index is 1.45. The predicted molar refractivity (Wildman–Crippen MR) is 111 cm³/mol. The number of amides is 1. The highest BCUT2D eigenvalue weighted by atomic mass is 35.5. The summed E-state index contributed by atoms with van der Waals surface area (Å²) in [5.41, 5.74) is 1.95. The lowest BCUT2D eigenvalue weighted by Crippen LogP contribution is -2.48. The highest BCUT2D eigenvalue weighted by molar-refractivity contribution is 6.30. The van der Waals surface area contributed by atoms with Crippen LogP contribution in [-0.2, 0) is 11.3 Å². The molecule has 28 heavy (non-hydrogen) atoms. The van der Waals surface area contributed by atoms with E-state index in [2.05, 4.69) is 21.2 Å². The van der Waals surface area contributed by atoms with Gasteiger partial charge in [0.05, 0.1) is 20.8 Å². The number of piperazine rings is 1. The Kier molecular flexibility index (Phi) is 7.14. The zero-order chi connectivity index (χ0) is 19.9. The molecule has 150 valence electrons. The van der Waals surface area contributed by atoms with E-state index in [1.165, 1.54) is 5.56 Å². The Bertz CT molecular complexity index is 790. The van der Waals surface area contributed by atoms with Gasteiger partial charge in [0.15, 0.2) is 11.5 Å². The molecule has 1 aliphatic rings. The van der Waals surface area contributed by atoms with Crippen molar-refractivity contribution in [2.45, 2.75) is 6.54 Å². The van der Waals surface area contributed by atoms with Crippen LogP contribution in [0.15, 0.2) is 42.5 Å². The van der Waals surface area contributed by atoms with E-state index in [1.54, 1.807) is 38.5 Å². The molecule has 1 N–H and O–H groups in total. The van der Waals surface area contributed by atoms with E-state index in [0.717, 1.165) is 49.9 Å². The van der Waals surface area contributed by atoms with Crippen LogP contribution in [0.5, 0.6) is 11.5 Å². The molecule has 0 bridgehead atoms. The maximum Gasteiger partial charge on any atom is 0.238 e. The third kappa shape index (κ3) is 5.61. The second kappa shape index (κ2) is 9.78. The second-order valence-corrected chi connectivity index (χ2v) is 7.23. The number of benzene rings is 2. The molecule has 0 radical (unpaired) electrons. The summed E-state index contributed by atoms with van der Waals surface area (Å²) in [5.74, 6) is 1.48. The summed E-state index contributed by atoms with van der Waals surface area (Å²) in [5, 5.41) is 3.57. The normalized spacial score (nSPS) is 15.2. The first-order valence-corrected chi connectivity index (χ1v) is 9.66. The molecule has 1 saturated heterocycles. The van der Waals surface area contributed by atoms with Crippen LogP contribution in [0.3, 0.4) is 0 Å². The number of carbonyl (C=O) groups excluding carboxylic acids is 1. The minimum atomic E-state index is -0.00402. The monoisotopic (exact) mass is 403 g/mol. The van der Waals surface area contributed by atoms with Gasteiger partial charge >= 0.3 is 0 Å². The second-order valence-electron chi connectivity index (χ2n) is 6.80. The van der Waals surface area contributed by atoms with Crippen LogP contribution in [-0.4, -0.2) is 62.7 Å². The van der Waals surface area contributed by atoms with Gasteiger partial charge < -0.3 is 14.8 Å². The number of carbonyl (C=O) groups is 1. The van der Waals surface area contributed by atoms with E-state index in [4.69, 9.17) is 21.1 Å². The summed E-state index contributed by atoms with van der Waals surface area (Å²) in [6.07, 6.45) is 0. The maximum atomic E-state index is 12.2. The predicted octanol–water partition coefficient (Wildman–Crippen LogP) is 3.11. The summed E-state index contributed by atoms with van der Waals surface area (Å²) in [4.78, 5) is 16.8. The van der Waals surface area contributed by atoms with Crippen LogP contribution in [0, 0.1) is 0 Å². The molecular weight excluding hydrogens is 378 g/mol.